The summed E-state index contributed by atoms with van der Waals surface area (Å²) in [7, 11) is 0. The van der Waals surface area contributed by atoms with Crippen LogP contribution in [0.3, 0.4) is 0 Å². The molecule has 1 aliphatic carbocycles. The summed E-state index contributed by atoms with van der Waals surface area (Å²) in [5.74, 6) is 0. The Morgan fingerprint density at radius 2 is 2.33 bits per heavy atom. The number of carbonyl (C=O) groups is 1. The average Bonchev–Trinajstić information content (AvgIpc) is 2.29. The summed E-state index contributed by atoms with van der Waals surface area (Å²) in [6.07, 6.45) is 0.933. The largest absolute Gasteiger partial charge is 0.442 e. The van der Waals surface area contributed by atoms with E-state index in [0.717, 1.165) is 12.8 Å². The molecule has 2 aliphatic rings. The molecule has 2 rings (SSSR count). The molecule has 3 N–H and O–H groups in total. The third kappa shape index (κ3) is 1.25. The lowest BCUT2D eigenvalue weighted by molar-refractivity contribution is 0.0994. The minimum atomic E-state index is -0.369. The van der Waals surface area contributed by atoms with Crippen LogP contribution in [0.5, 0.6) is 0 Å². The molecule has 0 aromatic rings. The van der Waals surface area contributed by atoms with Gasteiger partial charge in [-0.25, -0.2) is 4.79 Å². The standard InChI is InChI=1S/C7H11ClN2O2/c8-3-1-4(9)6-5(2-3)10-7(11)12-6/h3-6H,1-2,9H2,(H,10,11). The second kappa shape index (κ2) is 2.78. The van der Waals surface area contributed by atoms with Crippen LogP contribution in [-0.2, 0) is 4.74 Å². The molecule has 1 saturated heterocycles. The third-order valence-corrected chi connectivity index (χ3v) is 2.76. The summed E-state index contributed by atoms with van der Waals surface area (Å²) in [4.78, 5) is 10.8. The Kier molecular flexibility index (Phi) is 1.88. The van der Waals surface area contributed by atoms with Crippen molar-refractivity contribution in [3.8, 4) is 0 Å². The van der Waals surface area contributed by atoms with E-state index in [0.29, 0.717) is 0 Å². The highest BCUT2D eigenvalue weighted by Crippen LogP contribution is 2.27. The van der Waals surface area contributed by atoms with Gasteiger partial charge in [0.05, 0.1) is 6.04 Å². The van der Waals surface area contributed by atoms with Gasteiger partial charge in [0.2, 0.25) is 0 Å². The minimum Gasteiger partial charge on any atom is -0.442 e. The van der Waals surface area contributed by atoms with E-state index in [-0.39, 0.29) is 29.7 Å². The first-order valence-corrected chi connectivity index (χ1v) is 4.47. The fourth-order valence-corrected chi connectivity index (χ4v) is 2.25. The zero-order chi connectivity index (χ0) is 8.72. The molecule has 4 nitrogen and oxygen atoms in total. The molecule has 12 heavy (non-hydrogen) atoms. The fraction of sp³-hybridized carbons (Fsp3) is 0.857. The number of halogens is 1. The summed E-state index contributed by atoms with van der Waals surface area (Å²) in [6, 6.07) is -0.103. The van der Waals surface area contributed by atoms with Crippen molar-refractivity contribution in [2.75, 3.05) is 0 Å². The highest BCUT2D eigenvalue weighted by Gasteiger charge is 2.43. The molecule has 0 radical (unpaired) electrons. The van der Waals surface area contributed by atoms with Crippen LogP contribution in [0.4, 0.5) is 4.79 Å². The first kappa shape index (κ1) is 8.13. The monoisotopic (exact) mass is 190 g/mol. The molecule has 0 aromatic heterocycles. The quantitative estimate of drug-likeness (QED) is 0.536. The third-order valence-electron chi connectivity index (χ3n) is 2.40. The lowest BCUT2D eigenvalue weighted by Gasteiger charge is -2.31. The maximum Gasteiger partial charge on any atom is 0.407 e. The van der Waals surface area contributed by atoms with Gasteiger partial charge in [-0.15, -0.1) is 11.6 Å². The molecular formula is C7H11ClN2O2. The van der Waals surface area contributed by atoms with Gasteiger partial charge in [-0.1, -0.05) is 0 Å². The van der Waals surface area contributed by atoms with Gasteiger partial charge >= 0.3 is 6.09 Å². The second-order valence-corrected chi connectivity index (χ2v) is 3.97. The Morgan fingerprint density at radius 3 is 3.08 bits per heavy atom. The van der Waals surface area contributed by atoms with Crippen molar-refractivity contribution in [2.45, 2.75) is 36.4 Å². The van der Waals surface area contributed by atoms with Crippen molar-refractivity contribution in [3.05, 3.63) is 0 Å². The molecule has 2 fully saturated rings. The van der Waals surface area contributed by atoms with Crippen molar-refractivity contribution in [1.29, 1.82) is 0 Å². The molecule has 0 bridgehead atoms. The lowest BCUT2D eigenvalue weighted by atomic mass is 9.89. The van der Waals surface area contributed by atoms with Crippen molar-refractivity contribution in [1.82, 2.24) is 5.32 Å². The molecule has 1 amide bonds. The van der Waals surface area contributed by atoms with E-state index in [1.807, 2.05) is 0 Å². The number of hydrogen-bond acceptors (Lipinski definition) is 3. The number of carbonyl (C=O) groups excluding carboxylic acids is 1. The Balaban J connectivity index is 2.10. The highest BCUT2D eigenvalue weighted by atomic mass is 35.5. The van der Waals surface area contributed by atoms with Crippen molar-refractivity contribution < 1.29 is 9.53 Å². The topological polar surface area (TPSA) is 64.3 Å². The maximum absolute atomic E-state index is 10.8. The van der Waals surface area contributed by atoms with E-state index < -0.39 is 0 Å². The SMILES string of the molecule is NC1CC(Cl)CC2NC(=O)OC12. The van der Waals surface area contributed by atoms with E-state index >= 15 is 0 Å². The number of alkyl halides is 1. The summed E-state index contributed by atoms with van der Waals surface area (Å²) < 4.78 is 4.99. The van der Waals surface area contributed by atoms with Crippen LogP contribution in [0, 0.1) is 0 Å². The number of alkyl carbamates (subject to hydrolysis) is 1. The Bertz CT molecular complexity index is 212. The molecule has 5 heteroatoms. The predicted molar refractivity (Wildman–Crippen MR) is 44.0 cm³/mol. The maximum atomic E-state index is 10.8. The summed E-state index contributed by atoms with van der Waals surface area (Å²) in [5.41, 5.74) is 5.77. The van der Waals surface area contributed by atoms with E-state index in [1.54, 1.807) is 0 Å². The van der Waals surface area contributed by atoms with Crippen molar-refractivity contribution >= 4 is 17.7 Å². The molecule has 0 aromatic carbocycles. The summed E-state index contributed by atoms with van der Waals surface area (Å²) in [6.45, 7) is 0. The van der Waals surface area contributed by atoms with Gasteiger partial charge in [0.25, 0.3) is 0 Å². The smallest absolute Gasteiger partial charge is 0.407 e. The Labute approximate surface area is 75.4 Å². The van der Waals surface area contributed by atoms with Gasteiger partial charge in [0, 0.05) is 11.4 Å². The lowest BCUT2D eigenvalue weighted by Crippen LogP contribution is -2.50. The molecular weight excluding hydrogens is 180 g/mol. The summed E-state index contributed by atoms with van der Waals surface area (Å²) in [5, 5.41) is 2.75. The van der Waals surface area contributed by atoms with Gasteiger partial charge in [-0.05, 0) is 12.8 Å². The van der Waals surface area contributed by atoms with Gasteiger partial charge in [0.15, 0.2) is 0 Å². The van der Waals surface area contributed by atoms with Crippen LogP contribution in [0.25, 0.3) is 0 Å². The van der Waals surface area contributed by atoms with Crippen LogP contribution < -0.4 is 11.1 Å². The van der Waals surface area contributed by atoms with Crippen LogP contribution in [0.15, 0.2) is 0 Å². The number of nitrogens with two attached hydrogens (primary N) is 1. The molecule has 1 saturated carbocycles. The van der Waals surface area contributed by atoms with Crippen LogP contribution >= 0.6 is 11.6 Å². The Morgan fingerprint density at radius 1 is 1.58 bits per heavy atom. The summed E-state index contributed by atoms with van der Waals surface area (Å²) >= 11 is 5.94. The van der Waals surface area contributed by atoms with Gasteiger partial charge in [0.1, 0.15) is 6.10 Å². The molecule has 4 atom stereocenters. The molecule has 0 spiro atoms. The van der Waals surface area contributed by atoms with Crippen molar-refractivity contribution in [2.24, 2.45) is 5.73 Å². The fourth-order valence-electron chi connectivity index (χ4n) is 1.85. The first-order valence-electron chi connectivity index (χ1n) is 4.03. The van der Waals surface area contributed by atoms with Gasteiger partial charge < -0.3 is 15.8 Å². The molecule has 1 heterocycles. The number of hydrogen-bond donors (Lipinski definition) is 2. The minimum absolute atomic E-state index is 0.0174. The Hall–Kier alpha value is -0.480. The number of rotatable bonds is 0. The van der Waals surface area contributed by atoms with Crippen molar-refractivity contribution in [3.63, 3.8) is 0 Å². The molecule has 4 unspecified atom stereocenters. The molecule has 1 aliphatic heterocycles. The number of nitrogens with one attached hydrogen (secondary N) is 1. The average molecular weight is 191 g/mol. The van der Waals surface area contributed by atoms with Gasteiger partial charge in [-0.2, -0.15) is 0 Å². The highest BCUT2D eigenvalue weighted by molar-refractivity contribution is 6.20. The van der Waals surface area contributed by atoms with Gasteiger partial charge in [-0.3, -0.25) is 0 Å². The number of amides is 1. The van der Waals surface area contributed by atoms with Crippen LogP contribution in [0.1, 0.15) is 12.8 Å². The molecule has 68 valence electrons. The normalized spacial score (nSPS) is 46.3. The number of fused-ring (bicyclic) bond motifs is 1. The van der Waals surface area contributed by atoms with Crippen LogP contribution in [-0.4, -0.2) is 29.7 Å². The van der Waals surface area contributed by atoms with E-state index in [4.69, 9.17) is 22.1 Å². The van der Waals surface area contributed by atoms with Crippen LogP contribution in [0.2, 0.25) is 0 Å². The number of ether oxygens (including phenoxy) is 1. The first-order chi connectivity index (χ1) is 5.66. The second-order valence-electron chi connectivity index (χ2n) is 3.35. The van der Waals surface area contributed by atoms with E-state index in [9.17, 15) is 4.79 Å². The predicted octanol–water partition coefficient (Wildman–Crippen LogP) is 0.192. The van der Waals surface area contributed by atoms with E-state index in [2.05, 4.69) is 5.32 Å². The zero-order valence-corrected chi connectivity index (χ0v) is 7.25. The zero-order valence-electron chi connectivity index (χ0n) is 6.50. The van der Waals surface area contributed by atoms with E-state index in [1.165, 1.54) is 0 Å².